The van der Waals surface area contributed by atoms with Crippen molar-refractivity contribution < 1.29 is 19.4 Å². The number of rotatable bonds is 6. The summed E-state index contributed by atoms with van der Waals surface area (Å²) in [5.41, 5.74) is 0.428. The van der Waals surface area contributed by atoms with E-state index >= 15 is 0 Å². The van der Waals surface area contributed by atoms with Crippen LogP contribution in [-0.2, 0) is 16.1 Å². The number of amides is 1. The van der Waals surface area contributed by atoms with E-state index in [0.717, 1.165) is 41.3 Å². The number of methoxy groups -OCH3 is 1. The van der Waals surface area contributed by atoms with E-state index in [0.29, 0.717) is 19.6 Å². The maximum absolute atomic E-state index is 12.8. The number of aliphatic carboxylic acids is 1. The number of likely N-dealkylation sites (N-methyl/N-ethyl adjacent to an activating group) is 1. The highest BCUT2D eigenvalue weighted by molar-refractivity contribution is 5.85. The molecule has 0 spiro atoms. The van der Waals surface area contributed by atoms with E-state index in [1.165, 1.54) is 0 Å². The van der Waals surface area contributed by atoms with Crippen LogP contribution < -0.4 is 4.74 Å². The van der Waals surface area contributed by atoms with Gasteiger partial charge in [0.25, 0.3) is 0 Å². The number of carboxylic acids is 1. The lowest BCUT2D eigenvalue weighted by molar-refractivity contribution is -0.149. The number of nitrogens with zero attached hydrogens (tertiary/aromatic N) is 2. The Bertz CT molecular complexity index is 944. The average Bonchev–Trinajstić information content (AvgIpc) is 3.25. The molecule has 1 aliphatic heterocycles. The van der Waals surface area contributed by atoms with E-state index in [9.17, 15) is 14.7 Å². The van der Waals surface area contributed by atoms with Gasteiger partial charge in [-0.1, -0.05) is 24.6 Å². The Labute approximate surface area is 171 Å². The van der Waals surface area contributed by atoms with Crippen LogP contribution in [0.1, 0.15) is 24.8 Å². The SMILES string of the molecule is COc1ccc2cc(CN(C)C(=O)CN3C[C@@H]4CCC[C@@]4(C(=O)O)C3)ccc2c1. The van der Waals surface area contributed by atoms with Crippen LogP contribution in [0, 0.1) is 11.3 Å². The van der Waals surface area contributed by atoms with Crippen LogP contribution in [0.15, 0.2) is 36.4 Å². The molecule has 2 atom stereocenters. The molecular formula is C23H28N2O4. The number of carboxylic acid groups (broad SMARTS) is 1. The van der Waals surface area contributed by atoms with Gasteiger partial charge in [-0.2, -0.15) is 0 Å². The van der Waals surface area contributed by atoms with Crippen molar-refractivity contribution in [3.63, 3.8) is 0 Å². The summed E-state index contributed by atoms with van der Waals surface area (Å²) in [7, 11) is 3.46. The molecule has 0 bridgehead atoms. The summed E-state index contributed by atoms with van der Waals surface area (Å²) in [6.45, 7) is 2.02. The van der Waals surface area contributed by atoms with E-state index in [1.54, 1.807) is 12.0 Å². The number of benzene rings is 2. The van der Waals surface area contributed by atoms with Gasteiger partial charge < -0.3 is 14.7 Å². The highest BCUT2D eigenvalue weighted by Gasteiger charge is 2.54. The molecule has 1 amide bonds. The third kappa shape index (κ3) is 3.69. The topological polar surface area (TPSA) is 70.1 Å². The first-order valence-corrected chi connectivity index (χ1v) is 10.2. The molecule has 1 saturated carbocycles. The van der Waals surface area contributed by atoms with E-state index in [1.807, 2.05) is 42.3 Å². The van der Waals surface area contributed by atoms with E-state index in [2.05, 4.69) is 6.07 Å². The molecule has 2 aliphatic rings. The fourth-order valence-electron chi connectivity index (χ4n) is 5.04. The number of carbonyl (C=O) groups excluding carboxylic acids is 1. The molecule has 4 rings (SSSR count). The van der Waals surface area contributed by atoms with E-state index in [4.69, 9.17) is 4.74 Å². The molecular weight excluding hydrogens is 368 g/mol. The van der Waals surface area contributed by atoms with E-state index < -0.39 is 11.4 Å². The predicted octanol–water partition coefficient (Wildman–Crippen LogP) is 2.99. The fourth-order valence-corrected chi connectivity index (χ4v) is 5.04. The van der Waals surface area contributed by atoms with Gasteiger partial charge in [0.15, 0.2) is 0 Å². The lowest BCUT2D eigenvalue weighted by atomic mass is 9.81. The smallest absolute Gasteiger partial charge is 0.311 e. The fraction of sp³-hybridized carbons (Fsp3) is 0.478. The van der Waals surface area contributed by atoms with Gasteiger partial charge in [0, 0.05) is 26.7 Å². The van der Waals surface area contributed by atoms with Gasteiger partial charge in [-0.25, -0.2) is 0 Å². The molecule has 2 fully saturated rings. The van der Waals surface area contributed by atoms with Crippen molar-refractivity contribution in [3.8, 4) is 5.75 Å². The highest BCUT2D eigenvalue weighted by Crippen LogP contribution is 2.48. The Balaban J connectivity index is 1.39. The zero-order valence-corrected chi connectivity index (χ0v) is 17.1. The Morgan fingerprint density at radius 1 is 1.24 bits per heavy atom. The first-order chi connectivity index (χ1) is 13.9. The maximum atomic E-state index is 12.8. The van der Waals surface area contributed by atoms with Crippen molar-refractivity contribution in [3.05, 3.63) is 42.0 Å². The predicted molar refractivity (Wildman–Crippen MR) is 111 cm³/mol. The maximum Gasteiger partial charge on any atom is 0.311 e. The molecule has 6 nitrogen and oxygen atoms in total. The summed E-state index contributed by atoms with van der Waals surface area (Å²) in [5, 5.41) is 11.9. The Kier molecular flexibility index (Phi) is 5.21. The number of ether oxygens (including phenoxy) is 1. The van der Waals surface area contributed by atoms with Crippen molar-refractivity contribution in [1.82, 2.24) is 9.80 Å². The second-order valence-electron chi connectivity index (χ2n) is 8.52. The minimum absolute atomic E-state index is 0.0281. The van der Waals surface area contributed by atoms with Crippen LogP contribution >= 0.6 is 0 Å². The molecule has 2 aromatic carbocycles. The largest absolute Gasteiger partial charge is 0.497 e. The van der Waals surface area contributed by atoms with Crippen LogP contribution in [0.2, 0.25) is 0 Å². The van der Waals surface area contributed by atoms with Crippen LogP contribution in [-0.4, -0.2) is 60.6 Å². The molecule has 1 saturated heterocycles. The van der Waals surface area contributed by atoms with Crippen molar-refractivity contribution in [2.75, 3.05) is 33.8 Å². The lowest BCUT2D eigenvalue weighted by Crippen LogP contribution is -2.40. The minimum atomic E-state index is -0.698. The molecule has 29 heavy (non-hydrogen) atoms. The zero-order valence-electron chi connectivity index (χ0n) is 17.1. The summed E-state index contributed by atoms with van der Waals surface area (Å²) in [6, 6.07) is 12.1. The van der Waals surface area contributed by atoms with Gasteiger partial charge >= 0.3 is 5.97 Å². The number of fused-ring (bicyclic) bond motifs is 2. The van der Waals surface area contributed by atoms with Gasteiger partial charge in [-0.3, -0.25) is 14.5 Å². The van der Waals surface area contributed by atoms with Gasteiger partial charge in [0.05, 0.1) is 19.1 Å². The standard InChI is InChI=1S/C23H28N2O4/c1-24(12-16-5-6-18-11-20(29-2)8-7-17(18)10-16)21(26)14-25-13-19-4-3-9-23(19,15-25)22(27)28/h5-8,10-11,19H,3-4,9,12-15H2,1-2H3,(H,27,28)/t19-,23+/m0/s1. The molecule has 1 N–H and O–H groups in total. The molecule has 0 aromatic heterocycles. The minimum Gasteiger partial charge on any atom is -0.497 e. The average molecular weight is 396 g/mol. The second-order valence-corrected chi connectivity index (χ2v) is 8.52. The summed E-state index contributed by atoms with van der Waals surface area (Å²) >= 11 is 0. The number of hydrogen-bond acceptors (Lipinski definition) is 4. The number of hydrogen-bond donors (Lipinski definition) is 1. The van der Waals surface area contributed by atoms with Gasteiger partial charge in [0.2, 0.25) is 5.91 Å². The zero-order chi connectivity index (χ0) is 20.6. The first kappa shape index (κ1) is 19.7. The molecule has 154 valence electrons. The third-order valence-corrected chi connectivity index (χ3v) is 6.68. The van der Waals surface area contributed by atoms with Crippen molar-refractivity contribution in [1.29, 1.82) is 0 Å². The normalized spacial score (nSPS) is 23.9. The molecule has 0 radical (unpaired) electrons. The second kappa shape index (κ2) is 7.67. The number of likely N-dealkylation sites (tertiary alicyclic amines) is 1. The quantitative estimate of drug-likeness (QED) is 0.813. The van der Waals surface area contributed by atoms with Crippen molar-refractivity contribution in [2.24, 2.45) is 11.3 Å². The van der Waals surface area contributed by atoms with Gasteiger partial charge in [-0.05, 0) is 53.3 Å². The lowest BCUT2D eigenvalue weighted by Gasteiger charge is -2.24. The molecule has 1 aliphatic carbocycles. The van der Waals surface area contributed by atoms with Crippen LogP contribution in [0.3, 0.4) is 0 Å². The van der Waals surface area contributed by atoms with Crippen molar-refractivity contribution in [2.45, 2.75) is 25.8 Å². The molecule has 6 heteroatoms. The van der Waals surface area contributed by atoms with E-state index in [-0.39, 0.29) is 18.4 Å². The molecule has 1 heterocycles. The summed E-state index contributed by atoms with van der Waals surface area (Å²) in [5.74, 6) is 0.332. The highest BCUT2D eigenvalue weighted by atomic mass is 16.5. The van der Waals surface area contributed by atoms with Crippen LogP contribution in [0.4, 0.5) is 0 Å². The third-order valence-electron chi connectivity index (χ3n) is 6.68. The summed E-state index contributed by atoms with van der Waals surface area (Å²) in [4.78, 5) is 28.4. The Morgan fingerprint density at radius 2 is 2.00 bits per heavy atom. The van der Waals surface area contributed by atoms with Crippen LogP contribution in [0.5, 0.6) is 5.75 Å². The van der Waals surface area contributed by atoms with Gasteiger partial charge in [0.1, 0.15) is 5.75 Å². The first-order valence-electron chi connectivity index (χ1n) is 10.2. The molecule has 2 aromatic rings. The van der Waals surface area contributed by atoms with Crippen molar-refractivity contribution >= 4 is 22.6 Å². The Hall–Kier alpha value is -2.60. The molecule has 0 unspecified atom stereocenters. The summed E-state index contributed by atoms with van der Waals surface area (Å²) in [6.07, 6.45) is 2.66. The van der Waals surface area contributed by atoms with Gasteiger partial charge in [-0.15, -0.1) is 0 Å². The van der Waals surface area contributed by atoms with Crippen LogP contribution in [0.25, 0.3) is 10.8 Å². The Morgan fingerprint density at radius 3 is 2.72 bits per heavy atom. The monoisotopic (exact) mass is 396 g/mol. The summed E-state index contributed by atoms with van der Waals surface area (Å²) < 4.78 is 5.27. The number of carbonyl (C=O) groups is 2.